The average Bonchev–Trinajstić information content (AvgIpc) is 3.25. The molecular formula is C27H32N4O2. The predicted octanol–water partition coefficient (Wildman–Crippen LogP) is 4.04. The summed E-state index contributed by atoms with van der Waals surface area (Å²) in [6.45, 7) is 5.37. The average molecular weight is 445 g/mol. The molecule has 1 aromatic heterocycles. The minimum atomic E-state index is -0.697. The molecule has 5 rings (SSSR count). The Bertz CT molecular complexity index is 1160. The highest BCUT2D eigenvalue weighted by atomic mass is 16.2. The molecule has 172 valence electrons. The van der Waals surface area contributed by atoms with Gasteiger partial charge in [0.25, 0.3) is 5.91 Å². The summed E-state index contributed by atoms with van der Waals surface area (Å²) in [5, 5.41) is 1.29. The second kappa shape index (κ2) is 8.67. The minimum absolute atomic E-state index is 0.00660. The van der Waals surface area contributed by atoms with Crippen molar-refractivity contribution in [1.82, 2.24) is 19.3 Å². The topological polar surface area (TPSA) is 48.8 Å². The Balaban J connectivity index is 1.33. The lowest BCUT2D eigenvalue weighted by molar-refractivity contribution is -0.135. The van der Waals surface area contributed by atoms with E-state index in [9.17, 15) is 9.59 Å². The van der Waals surface area contributed by atoms with E-state index >= 15 is 0 Å². The number of hydrogen-bond acceptors (Lipinski definition) is 3. The van der Waals surface area contributed by atoms with Crippen LogP contribution in [0.3, 0.4) is 0 Å². The van der Waals surface area contributed by atoms with E-state index in [1.807, 2.05) is 30.0 Å². The number of rotatable bonds is 6. The number of urea groups is 1. The third-order valence-corrected chi connectivity index (χ3v) is 7.46. The van der Waals surface area contributed by atoms with E-state index in [4.69, 9.17) is 0 Å². The van der Waals surface area contributed by atoms with Gasteiger partial charge in [0.2, 0.25) is 0 Å². The standard InChI is InChI=1S/C27H32N4O2/c1-3-30-25(32)27(31(26(30)33)16-13-21-9-5-4-6-10-21)14-17-29(18-15-27)20-22-19-28(2)24-12-8-7-11-23(22)24/h4-12,19H,3,13-18,20H2,1-2H3. The highest BCUT2D eigenvalue weighted by molar-refractivity contribution is 6.07. The van der Waals surface area contributed by atoms with Crippen LogP contribution < -0.4 is 0 Å². The van der Waals surface area contributed by atoms with Gasteiger partial charge in [0.05, 0.1) is 0 Å². The normalized spacial score (nSPS) is 18.7. The summed E-state index contributed by atoms with van der Waals surface area (Å²) >= 11 is 0. The number of imide groups is 1. The molecule has 3 aromatic rings. The second-order valence-electron chi connectivity index (χ2n) is 9.31. The van der Waals surface area contributed by atoms with E-state index in [-0.39, 0.29) is 11.9 Å². The van der Waals surface area contributed by atoms with Crippen molar-refractivity contribution in [2.45, 2.75) is 38.3 Å². The van der Waals surface area contributed by atoms with Crippen molar-refractivity contribution < 1.29 is 9.59 Å². The molecule has 0 N–H and O–H groups in total. The van der Waals surface area contributed by atoms with Crippen LogP contribution in [0.5, 0.6) is 0 Å². The van der Waals surface area contributed by atoms with Crippen LogP contribution in [-0.4, -0.2) is 62.9 Å². The first-order valence-electron chi connectivity index (χ1n) is 12.0. The number of amides is 3. The number of aryl methyl sites for hydroxylation is 1. The Morgan fingerprint density at radius 3 is 2.36 bits per heavy atom. The van der Waals surface area contributed by atoms with Crippen molar-refractivity contribution in [3.63, 3.8) is 0 Å². The van der Waals surface area contributed by atoms with Gasteiger partial charge in [-0.3, -0.25) is 14.6 Å². The number of carbonyl (C=O) groups is 2. The van der Waals surface area contributed by atoms with Crippen LogP contribution in [0.1, 0.15) is 30.9 Å². The highest BCUT2D eigenvalue weighted by Gasteiger charge is 2.57. The van der Waals surface area contributed by atoms with Crippen molar-refractivity contribution >= 4 is 22.8 Å². The molecule has 0 bridgehead atoms. The molecule has 3 heterocycles. The quantitative estimate of drug-likeness (QED) is 0.539. The van der Waals surface area contributed by atoms with Gasteiger partial charge in [0.1, 0.15) is 5.54 Å². The van der Waals surface area contributed by atoms with E-state index in [0.717, 1.165) is 26.1 Å². The molecule has 0 unspecified atom stereocenters. The molecule has 2 fully saturated rings. The van der Waals surface area contributed by atoms with Gasteiger partial charge < -0.3 is 9.47 Å². The van der Waals surface area contributed by atoms with Crippen LogP contribution in [-0.2, 0) is 24.8 Å². The molecule has 0 atom stereocenters. The molecule has 33 heavy (non-hydrogen) atoms. The minimum Gasteiger partial charge on any atom is -0.350 e. The third kappa shape index (κ3) is 3.72. The number of aromatic nitrogens is 1. The molecule has 0 saturated carbocycles. The number of likely N-dealkylation sites (N-methyl/N-ethyl adjacent to an activating group) is 1. The molecule has 1 spiro atoms. The van der Waals surface area contributed by atoms with E-state index in [1.165, 1.54) is 26.9 Å². The van der Waals surface area contributed by atoms with Crippen LogP contribution in [0.15, 0.2) is 60.8 Å². The maximum absolute atomic E-state index is 13.4. The molecule has 6 heteroatoms. The molecule has 2 saturated heterocycles. The first kappa shape index (κ1) is 21.7. The van der Waals surface area contributed by atoms with Gasteiger partial charge in [-0.25, -0.2) is 4.79 Å². The lowest BCUT2D eigenvalue weighted by Gasteiger charge is -2.42. The molecule has 2 aliphatic heterocycles. The van der Waals surface area contributed by atoms with Gasteiger partial charge in [-0.2, -0.15) is 0 Å². The Hall–Kier alpha value is -3.12. The Kier molecular flexibility index (Phi) is 5.71. The van der Waals surface area contributed by atoms with Crippen molar-refractivity contribution in [2.24, 2.45) is 7.05 Å². The Morgan fingerprint density at radius 1 is 0.939 bits per heavy atom. The van der Waals surface area contributed by atoms with E-state index in [0.29, 0.717) is 25.9 Å². The smallest absolute Gasteiger partial charge is 0.327 e. The first-order valence-corrected chi connectivity index (χ1v) is 12.0. The SMILES string of the molecule is CCN1C(=O)N(CCc2ccccc2)C2(CCN(Cc3cn(C)c4ccccc34)CC2)C1=O. The van der Waals surface area contributed by atoms with Crippen LogP contribution >= 0.6 is 0 Å². The first-order chi connectivity index (χ1) is 16.0. The fourth-order valence-electron chi connectivity index (χ4n) is 5.61. The largest absolute Gasteiger partial charge is 0.350 e. The van der Waals surface area contributed by atoms with Crippen LogP contribution in [0.2, 0.25) is 0 Å². The number of piperidine rings is 1. The zero-order valence-corrected chi connectivity index (χ0v) is 19.5. The summed E-state index contributed by atoms with van der Waals surface area (Å²) < 4.78 is 2.18. The summed E-state index contributed by atoms with van der Waals surface area (Å²) in [5.74, 6) is -0.00660. The van der Waals surface area contributed by atoms with Crippen molar-refractivity contribution in [2.75, 3.05) is 26.2 Å². The second-order valence-corrected chi connectivity index (χ2v) is 9.31. The molecule has 6 nitrogen and oxygen atoms in total. The maximum Gasteiger partial charge on any atom is 0.327 e. The number of fused-ring (bicyclic) bond motifs is 1. The fraction of sp³-hybridized carbons (Fsp3) is 0.407. The van der Waals surface area contributed by atoms with Crippen LogP contribution in [0, 0.1) is 0 Å². The predicted molar refractivity (Wildman–Crippen MR) is 130 cm³/mol. The lowest BCUT2D eigenvalue weighted by atomic mass is 9.85. The molecule has 2 aliphatic rings. The summed E-state index contributed by atoms with van der Waals surface area (Å²) in [6, 6.07) is 18.6. The summed E-state index contributed by atoms with van der Waals surface area (Å²) in [6.07, 6.45) is 4.35. The molecule has 0 aliphatic carbocycles. The third-order valence-electron chi connectivity index (χ3n) is 7.46. The van der Waals surface area contributed by atoms with Crippen LogP contribution in [0.25, 0.3) is 10.9 Å². The molecule has 2 aromatic carbocycles. The molecule has 3 amide bonds. The summed E-state index contributed by atoms with van der Waals surface area (Å²) in [7, 11) is 2.09. The fourth-order valence-corrected chi connectivity index (χ4v) is 5.61. The Morgan fingerprint density at radius 2 is 1.64 bits per heavy atom. The van der Waals surface area contributed by atoms with Gasteiger partial charge in [-0.1, -0.05) is 48.5 Å². The maximum atomic E-state index is 13.4. The van der Waals surface area contributed by atoms with Gasteiger partial charge in [-0.05, 0) is 43.4 Å². The highest BCUT2D eigenvalue weighted by Crippen LogP contribution is 2.38. The van der Waals surface area contributed by atoms with Gasteiger partial charge >= 0.3 is 6.03 Å². The van der Waals surface area contributed by atoms with E-state index in [1.54, 1.807) is 0 Å². The molecule has 0 radical (unpaired) electrons. The van der Waals surface area contributed by atoms with Crippen molar-refractivity contribution in [1.29, 1.82) is 0 Å². The molecular weight excluding hydrogens is 412 g/mol. The zero-order valence-electron chi connectivity index (χ0n) is 19.5. The zero-order chi connectivity index (χ0) is 23.0. The monoisotopic (exact) mass is 444 g/mol. The number of nitrogens with zero attached hydrogens (tertiary/aromatic N) is 4. The summed E-state index contributed by atoms with van der Waals surface area (Å²) in [4.78, 5) is 32.4. The van der Waals surface area contributed by atoms with Crippen LogP contribution in [0.4, 0.5) is 4.79 Å². The number of para-hydroxylation sites is 1. The van der Waals surface area contributed by atoms with E-state index < -0.39 is 5.54 Å². The number of likely N-dealkylation sites (tertiary alicyclic amines) is 1. The Labute approximate surface area is 195 Å². The lowest BCUT2D eigenvalue weighted by Crippen LogP contribution is -2.56. The van der Waals surface area contributed by atoms with Gasteiger partial charge in [0, 0.05) is 56.9 Å². The van der Waals surface area contributed by atoms with Gasteiger partial charge in [-0.15, -0.1) is 0 Å². The van der Waals surface area contributed by atoms with Crippen molar-refractivity contribution in [3.8, 4) is 0 Å². The number of carbonyl (C=O) groups excluding carboxylic acids is 2. The number of benzene rings is 2. The van der Waals surface area contributed by atoms with E-state index in [2.05, 4.69) is 59.1 Å². The van der Waals surface area contributed by atoms with Gasteiger partial charge in [0.15, 0.2) is 0 Å². The number of hydrogen-bond donors (Lipinski definition) is 0. The van der Waals surface area contributed by atoms with Crippen molar-refractivity contribution in [3.05, 3.63) is 71.9 Å². The summed E-state index contributed by atoms with van der Waals surface area (Å²) in [5.41, 5.74) is 3.05.